The molecule has 1 aromatic heterocycles. The van der Waals surface area contributed by atoms with Crippen molar-refractivity contribution in [1.29, 1.82) is 0 Å². The van der Waals surface area contributed by atoms with E-state index in [1.54, 1.807) is 20.2 Å². The molecule has 112 valence electrons. The normalized spacial score (nSPS) is 13.8. The zero-order chi connectivity index (χ0) is 15.3. The fraction of sp³-hybridized carbons (Fsp3) is 0.375. The van der Waals surface area contributed by atoms with Gasteiger partial charge in [-0.15, -0.1) is 0 Å². The van der Waals surface area contributed by atoms with Gasteiger partial charge < -0.3 is 15.8 Å². The summed E-state index contributed by atoms with van der Waals surface area (Å²) in [6, 6.07) is 9.75. The summed E-state index contributed by atoms with van der Waals surface area (Å²) in [4.78, 5) is 15.7. The van der Waals surface area contributed by atoms with Crippen LogP contribution in [0.15, 0.2) is 36.5 Å². The lowest BCUT2D eigenvalue weighted by atomic mass is 9.95. The second-order valence-corrected chi connectivity index (χ2v) is 5.23. The van der Waals surface area contributed by atoms with Gasteiger partial charge in [0.25, 0.3) is 0 Å². The predicted octanol–water partition coefficient (Wildman–Crippen LogP) is 1.86. The van der Waals surface area contributed by atoms with Gasteiger partial charge in [0.05, 0.1) is 12.1 Å². The van der Waals surface area contributed by atoms with Crippen LogP contribution in [0, 0.1) is 0 Å². The Hall–Kier alpha value is -2.14. The van der Waals surface area contributed by atoms with Crippen LogP contribution in [0.5, 0.6) is 5.75 Å². The molecule has 0 saturated carbocycles. The fourth-order valence-electron chi connectivity index (χ4n) is 2.17. The van der Waals surface area contributed by atoms with Crippen molar-refractivity contribution in [2.24, 2.45) is 5.73 Å². The second kappa shape index (κ2) is 6.54. The number of nitrogens with two attached hydrogens (primary N) is 1. The Morgan fingerprint density at radius 3 is 2.86 bits per heavy atom. The van der Waals surface area contributed by atoms with E-state index in [4.69, 9.17) is 10.5 Å². The molecule has 0 bridgehead atoms. The third-order valence-electron chi connectivity index (χ3n) is 3.77. The molecule has 5 nitrogen and oxygen atoms in total. The Morgan fingerprint density at radius 2 is 2.14 bits per heavy atom. The van der Waals surface area contributed by atoms with E-state index in [0.717, 1.165) is 23.1 Å². The van der Waals surface area contributed by atoms with E-state index in [1.165, 1.54) is 0 Å². The number of amides is 1. The van der Waals surface area contributed by atoms with Crippen LogP contribution < -0.4 is 15.8 Å². The number of rotatable bonds is 7. The van der Waals surface area contributed by atoms with Crippen LogP contribution in [-0.4, -0.2) is 30.1 Å². The van der Waals surface area contributed by atoms with Crippen LogP contribution in [0.1, 0.15) is 19.8 Å². The summed E-state index contributed by atoms with van der Waals surface area (Å²) in [5.74, 6) is 0.412. The van der Waals surface area contributed by atoms with Crippen molar-refractivity contribution in [2.45, 2.75) is 25.3 Å². The molecule has 0 aliphatic carbocycles. The molecule has 3 N–H and O–H groups in total. The number of ether oxygens (including phenoxy) is 1. The van der Waals surface area contributed by atoms with Crippen molar-refractivity contribution < 1.29 is 9.53 Å². The Bertz CT molecular complexity index is 624. The second-order valence-electron chi connectivity index (χ2n) is 5.23. The van der Waals surface area contributed by atoms with Crippen LogP contribution in [0.3, 0.4) is 0 Å². The number of aromatic nitrogens is 1. The number of likely N-dealkylation sites (N-methyl/N-ethyl adjacent to an activating group) is 1. The molecular weight excluding hydrogens is 266 g/mol. The Labute approximate surface area is 124 Å². The highest BCUT2D eigenvalue weighted by Gasteiger charge is 2.28. The first kappa shape index (κ1) is 15.3. The molecule has 21 heavy (non-hydrogen) atoms. The average Bonchev–Trinajstić information content (AvgIpc) is 2.51. The summed E-state index contributed by atoms with van der Waals surface area (Å²) < 4.78 is 5.80. The van der Waals surface area contributed by atoms with Crippen molar-refractivity contribution in [3.05, 3.63) is 36.5 Å². The Morgan fingerprint density at radius 1 is 1.38 bits per heavy atom. The van der Waals surface area contributed by atoms with Crippen LogP contribution in [-0.2, 0) is 4.79 Å². The number of primary amides is 1. The van der Waals surface area contributed by atoms with Gasteiger partial charge in [0.2, 0.25) is 5.91 Å². The van der Waals surface area contributed by atoms with Crippen LogP contribution in [0.25, 0.3) is 10.9 Å². The van der Waals surface area contributed by atoms with E-state index < -0.39 is 5.54 Å². The van der Waals surface area contributed by atoms with Crippen LogP contribution >= 0.6 is 0 Å². The quantitative estimate of drug-likeness (QED) is 0.762. The van der Waals surface area contributed by atoms with Gasteiger partial charge in [0.15, 0.2) is 0 Å². The van der Waals surface area contributed by atoms with E-state index in [2.05, 4.69) is 10.3 Å². The van der Waals surface area contributed by atoms with Gasteiger partial charge in [-0.1, -0.05) is 18.2 Å². The number of carbonyl (C=O) groups is 1. The van der Waals surface area contributed by atoms with Crippen molar-refractivity contribution in [1.82, 2.24) is 10.3 Å². The van der Waals surface area contributed by atoms with E-state index in [0.29, 0.717) is 13.0 Å². The molecule has 1 aromatic carbocycles. The number of nitrogens with zero attached hydrogens (tertiary/aromatic N) is 1. The molecule has 0 saturated heterocycles. The smallest absolute Gasteiger partial charge is 0.237 e. The topological polar surface area (TPSA) is 77.2 Å². The van der Waals surface area contributed by atoms with Gasteiger partial charge in [-0.05, 0) is 38.9 Å². The first-order chi connectivity index (χ1) is 10.1. The number of hydrogen-bond donors (Lipinski definition) is 2. The molecule has 0 aliphatic heterocycles. The van der Waals surface area contributed by atoms with Gasteiger partial charge in [-0.2, -0.15) is 0 Å². The van der Waals surface area contributed by atoms with Crippen molar-refractivity contribution in [2.75, 3.05) is 13.7 Å². The monoisotopic (exact) mass is 287 g/mol. The molecule has 1 heterocycles. The molecular formula is C16H21N3O2. The van der Waals surface area contributed by atoms with E-state index in [9.17, 15) is 4.79 Å². The summed E-state index contributed by atoms with van der Waals surface area (Å²) in [6.45, 7) is 2.31. The summed E-state index contributed by atoms with van der Waals surface area (Å²) in [5, 5.41) is 4.01. The zero-order valence-electron chi connectivity index (χ0n) is 12.4. The third-order valence-corrected chi connectivity index (χ3v) is 3.77. The first-order valence-electron chi connectivity index (χ1n) is 7.02. The lowest BCUT2D eigenvalue weighted by Crippen LogP contribution is -2.51. The zero-order valence-corrected chi connectivity index (χ0v) is 12.4. The fourth-order valence-corrected chi connectivity index (χ4v) is 2.17. The molecule has 5 heteroatoms. The van der Waals surface area contributed by atoms with E-state index in [-0.39, 0.29) is 5.91 Å². The number of nitrogens with one attached hydrogen (secondary N) is 1. The molecule has 0 fully saturated rings. The highest BCUT2D eigenvalue weighted by Crippen LogP contribution is 2.23. The number of para-hydroxylation sites is 1. The maximum absolute atomic E-state index is 11.4. The van der Waals surface area contributed by atoms with Crippen LogP contribution in [0.4, 0.5) is 0 Å². The highest BCUT2D eigenvalue weighted by molar-refractivity contribution is 5.84. The Balaban J connectivity index is 1.96. The minimum Gasteiger partial charge on any atom is -0.491 e. The van der Waals surface area contributed by atoms with E-state index in [1.807, 2.05) is 30.3 Å². The average molecular weight is 287 g/mol. The molecule has 2 rings (SSSR count). The van der Waals surface area contributed by atoms with Crippen molar-refractivity contribution in [3.63, 3.8) is 0 Å². The molecule has 0 radical (unpaired) electrons. The van der Waals surface area contributed by atoms with Gasteiger partial charge >= 0.3 is 0 Å². The number of pyridine rings is 1. The predicted molar refractivity (Wildman–Crippen MR) is 83.1 cm³/mol. The molecule has 0 aliphatic rings. The summed E-state index contributed by atoms with van der Waals surface area (Å²) in [6.07, 6.45) is 3.10. The van der Waals surface area contributed by atoms with Gasteiger partial charge in [-0.3, -0.25) is 9.78 Å². The maximum Gasteiger partial charge on any atom is 0.237 e. The van der Waals surface area contributed by atoms with Gasteiger partial charge in [-0.25, -0.2) is 0 Å². The number of carbonyl (C=O) groups excluding carboxylic acids is 1. The SMILES string of the molecule is CNC(C)(CCCOc1cccc2cccnc12)C(N)=O. The Kier molecular flexibility index (Phi) is 4.75. The van der Waals surface area contributed by atoms with Gasteiger partial charge in [0, 0.05) is 11.6 Å². The lowest BCUT2D eigenvalue weighted by Gasteiger charge is -2.25. The number of benzene rings is 1. The van der Waals surface area contributed by atoms with Crippen LogP contribution in [0.2, 0.25) is 0 Å². The minimum absolute atomic E-state index is 0.350. The number of fused-ring (bicyclic) bond motifs is 1. The molecule has 2 aromatic rings. The van der Waals surface area contributed by atoms with Gasteiger partial charge in [0.1, 0.15) is 11.3 Å². The molecule has 1 amide bonds. The molecule has 1 unspecified atom stereocenters. The third kappa shape index (κ3) is 3.49. The van der Waals surface area contributed by atoms with Crippen molar-refractivity contribution in [3.8, 4) is 5.75 Å². The van der Waals surface area contributed by atoms with Crippen molar-refractivity contribution >= 4 is 16.8 Å². The summed E-state index contributed by atoms with van der Waals surface area (Å²) in [7, 11) is 1.74. The minimum atomic E-state index is -0.694. The summed E-state index contributed by atoms with van der Waals surface area (Å²) >= 11 is 0. The molecule has 1 atom stereocenters. The molecule has 0 spiro atoms. The first-order valence-corrected chi connectivity index (χ1v) is 7.02. The number of hydrogen-bond acceptors (Lipinski definition) is 4. The van der Waals surface area contributed by atoms with E-state index >= 15 is 0 Å². The largest absolute Gasteiger partial charge is 0.491 e. The lowest BCUT2D eigenvalue weighted by molar-refractivity contribution is -0.123. The highest BCUT2D eigenvalue weighted by atomic mass is 16.5. The summed E-state index contributed by atoms with van der Waals surface area (Å²) in [5.41, 5.74) is 5.56. The standard InChI is InChI=1S/C16H21N3O2/c1-16(18-2,15(17)20)9-5-11-21-13-8-3-6-12-7-4-10-19-14(12)13/h3-4,6-8,10,18H,5,9,11H2,1-2H3,(H2,17,20). The maximum atomic E-state index is 11.4.